The Kier molecular flexibility index (Phi) is 6.14. The Balaban J connectivity index is 1.38. The zero-order valence-corrected chi connectivity index (χ0v) is 17.3. The van der Waals surface area contributed by atoms with E-state index in [1.807, 2.05) is 0 Å². The third-order valence-electron chi connectivity index (χ3n) is 4.90. The summed E-state index contributed by atoms with van der Waals surface area (Å²) in [6, 6.07) is 6.78. The van der Waals surface area contributed by atoms with Crippen molar-refractivity contribution in [2.75, 3.05) is 26.3 Å². The summed E-state index contributed by atoms with van der Waals surface area (Å²) in [6.07, 6.45) is -4.74. The molecular weight excluding hydrogens is 447 g/mol. The van der Waals surface area contributed by atoms with Crippen LogP contribution in [0, 0.1) is 6.92 Å². The SMILES string of the molecule is Cc1cc(C(=O)N2CCOC[C@H]2CNC(=O)c2ccc(-c3noc(C(F)(F)F)n3)cc2)on1. The summed E-state index contributed by atoms with van der Waals surface area (Å²) in [5, 5.41) is 9.76. The van der Waals surface area contributed by atoms with Gasteiger partial charge in [-0.25, -0.2) is 0 Å². The zero-order chi connectivity index (χ0) is 23.6. The zero-order valence-electron chi connectivity index (χ0n) is 17.3. The minimum absolute atomic E-state index is 0.108. The molecule has 2 aromatic heterocycles. The van der Waals surface area contributed by atoms with Crippen molar-refractivity contribution in [1.82, 2.24) is 25.5 Å². The summed E-state index contributed by atoms with van der Waals surface area (Å²) >= 11 is 0. The fourth-order valence-corrected chi connectivity index (χ4v) is 3.24. The molecule has 0 radical (unpaired) electrons. The average molecular weight is 465 g/mol. The van der Waals surface area contributed by atoms with Crippen molar-refractivity contribution in [3.05, 3.63) is 53.2 Å². The van der Waals surface area contributed by atoms with Crippen molar-refractivity contribution in [2.24, 2.45) is 0 Å². The molecule has 1 atom stereocenters. The molecule has 1 aliphatic heterocycles. The molecule has 0 aliphatic carbocycles. The standard InChI is InChI=1S/C20H18F3N5O5/c1-11-8-15(32-26-11)18(30)28-6-7-31-10-14(28)9-24-17(29)13-4-2-12(3-5-13)16-25-19(33-27-16)20(21,22)23/h2-5,8,14H,6-7,9-10H2,1H3,(H,24,29)/t14-/m1/s1. The smallest absolute Gasteiger partial charge is 0.377 e. The van der Waals surface area contributed by atoms with E-state index in [4.69, 9.17) is 9.26 Å². The van der Waals surface area contributed by atoms with Gasteiger partial charge in [-0.15, -0.1) is 0 Å². The van der Waals surface area contributed by atoms with E-state index in [2.05, 4.69) is 25.1 Å². The van der Waals surface area contributed by atoms with Gasteiger partial charge >= 0.3 is 12.1 Å². The van der Waals surface area contributed by atoms with Gasteiger partial charge in [0.1, 0.15) is 0 Å². The molecule has 10 nitrogen and oxygen atoms in total. The molecule has 0 bridgehead atoms. The molecule has 2 amide bonds. The number of carbonyl (C=O) groups is 2. The topological polar surface area (TPSA) is 124 Å². The molecule has 0 saturated carbocycles. The lowest BCUT2D eigenvalue weighted by Gasteiger charge is -2.35. The minimum atomic E-state index is -4.74. The third-order valence-corrected chi connectivity index (χ3v) is 4.90. The second-order valence-corrected chi connectivity index (χ2v) is 7.27. The second-order valence-electron chi connectivity index (χ2n) is 7.27. The molecule has 3 aromatic rings. The van der Waals surface area contributed by atoms with Crippen LogP contribution >= 0.6 is 0 Å². The molecule has 1 N–H and O–H groups in total. The van der Waals surface area contributed by atoms with Gasteiger partial charge in [0.05, 0.1) is 24.9 Å². The normalized spacial score (nSPS) is 16.6. The number of ether oxygens (including phenoxy) is 1. The summed E-state index contributed by atoms with van der Waals surface area (Å²) in [5.74, 6) is -2.37. The van der Waals surface area contributed by atoms with Gasteiger partial charge < -0.3 is 24.0 Å². The number of amides is 2. The summed E-state index contributed by atoms with van der Waals surface area (Å²) < 4.78 is 52.5. The molecule has 1 aliphatic rings. The van der Waals surface area contributed by atoms with Crippen LogP contribution in [0.4, 0.5) is 13.2 Å². The number of rotatable bonds is 5. The number of carbonyl (C=O) groups excluding carboxylic acids is 2. The van der Waals surface area contributed by atoms with Crippen molar-refractivity contribution in [2.45, 2.75) is 19.1 Å². The first-order chi connectivity index (χ1) is 15.7. The van der Waals surface area contributed by atoms with Gasteiger partial charge in [0.2, 0.25) is 11.6 Å². The highest BCUT2D eigenvalue weighted by molar-refractivity contribution is 5.95. The largest absolute Gasteiger partial charge is 0.471 e. The summed E-state index contributed by atoms with van der Waals surface area (Å²) in [6.45, 7) is 2.75. The molecule has 13 heteroatoms. The number of aryl methyl sites for hydroxylation is 1. The number of hydrogen-bond donors (Lipinski definition) is 1. The van der Waals surface area contributed by atoms with Crippen molar-refractivity contribution in [3.63, 3.8) is 0 Å². The van der Waals surface area contributed by atoms with Crippen LogP contribution in [-0.4, -0.2) is 64.4 Å². The lowest BCUT2D eigenvalue weighted by atomic mass is 10.1. The second kappa shape index (κ2) is 9.02. The Bertz CT molecular complexity index is 1140. The number of aromatic nitrogens is 3. The maximum absolute atomic E-state index is 12.7. The van der Waals surface area contributed by atoms with E-state index in [9.17, 15) is 22.8 Å². The highest BCUT2D eigenvalue weighted by Gasteiger charge is 2.38. The van der Waals surface area contributed by atoms with Crippen LogP contribution in [0.1, 0.15) is 32.5 Å². The highest BCUT2D eigenvalue weighted by Crippen LogP contribution is 2.29. The van der Waals surface area contributed by atoms with Crippen molar-refractivity contribution in [3.8, 4) is 11.4 Å². The van der Waals surface area contributed by atoms with E-state index in [1.165, 1.54) is 30.3 Å². The first-order valence-electron chi connectivity index (χ1n) is 9.84. The number of alkyl halides is 3. The lowest BCUT2D eigenvalue weighted by molar-refractivity contribution is -0.159. The first kappa shape index (κ1) is 22.5. The number of morpholine rings is 1. The molecule has 1 saturated heterocycles. The Morgan fingerprint density at radius 1 is 1.18 bits per heavy atom. The molecule has 1 fully saturated rings. The van der Waals surface area contributed by atoms with Gasteiger partial charge in [0, 0.05) is 30.3 Å². The van der Waals surface area contributed by atoms with E-state index in [1.54, 1.807) is 11.8 Å². The minimum Gasteiger partial charge on any atom is -0.377 e. The van der Waals surface area contributed by atoms with Gasteiger partial charge in [-0.2, -0.15) is 18.2 Å². The van der Waals surface area contributed by atoms with Crippen LogP contribution in [0.5, 0.6) is 0 Å². The van der Waals surface area contributed by atoms with Crippen molar-refractivity contribution >= 4 is 11.8 Å². The van der Waals surface area contributed by atoms with E-state index in [0.717, 1.165) is 0 Å². The maximum Gasteiger partial charge on any atom is 0.471 e. The lowest BCUT2D eigenvalue weighted by Crippen LogP contribution is -2.53. The molecule has 1 aromatic carbocycles. The Morgan fingerprint density at radius 3 is 2.58 bits per heavy atom. The predicted octanol–water partition coefficient (Wildman–Crippen LogP) is 2.32. The van der Waals surface area contributed by atoms with E-state index in [0.29, 0.717) is 18.8 Å². The first-order valence-corrected chi connectivity index (χ1v) is 9.84. The van der Waals surface area contributed by atoms with Crippen molar-refractivity contribution < 1.29 is 36.5 Å². The van der Waals surface area contributed by atoms with Crippen molar-refractivity contribution in [1.29, 1.82) is 0 Å². The summed E-state index contributed by atoms with van der Waals surface area (Å²) in [7, 11) is 0. The number of nitrogens with zero attached hydrogens (tertiary/aromatic N) is 4. The van der Waals surface area contributed by atoms with Crippen LogP contribution in [-0.2, 0) is 10.9 Å². The van der Waals surface area contributed by atoms with Crippen LogP contribution in [0.2, 0.25) is 0 Å². The fourth-order valence-electron chi connectivity index (χ4n) is 3.24. The number of hydrogen-bond acceptors (Lipinski definition) is 8. The van der Waals surface area contributed by atoms with E-state index >= 15 is 0 Å². The Labute approximate surface area is 184 Å². The highest BCUT2D eigenvalue weighted by atomic mass is 19.4. The van der Waals surface area contributed by atoms with Crippen LogP contribution in [0.3, 0.4) is 0 Å². The van der Waals surface area contributed by atoms with Gasteiger partial charge in [-0.3, -0.25) is 9.59 Å². The maximum atomic E-state index is 12.7. The van der Waals surface area contributed by atoms with E-state index in [-0.39, 0.29) is 41.8 Å². The average Bonchev–Trinajstić information content (AvgIpc) is 3.47. The molecule has 4 rings (SSSR count). The quantitative estimate of drug-likeness (QED) is 0.609. The van der Waals surface area contributed by atoms with Gasteiger partial charge in [-0.05, 0) is 19.1 Å². The molecule has 0 spiro atoms. The Hall–Kier alpha value is -3.74. The fraction of sp³-hybridized carbons (Fsp3) is 0.350. The van der Waals surface area contributed by atoms with Gasteiger partial charge in [-0.1, -0.05) is 22.4 Å². The van der Waals surface area contributed by atoms with Crippen LogP contribution in [0.25, 0.3) is 11.4 Å². The van der Waals surface area contributed by atoms with Gasteiger partial charge in [0.15, 0.2) is 0 Å². The molecule has 0 unspecified atom stereocenters. The number of nitrogens with one attached hydrogen (secondary N) is 1. The van der Waals surface area contributed by atoms with Crippen LogP contribution in [0.15, 0.2) is 39.4 Å². The third kappa shape index (κ3) is 5.03. The number of benzene rings is 1. The Morgan fingerprint density at radius 2 is 1.94 bits per heavy atom. The summed E-state index contributed by atoms with van der Waals surface area (Å²) in [4.78, 5) is 30.1. The molecule has 33 heavy (non-hydrogen) atoms. The van der Waals surface area contributed by atoms with Crippen LogP contribution < -0.4 is 5.32 Å². The van der Waals surface area contributed by atoms with Gasteiger partial charge in [0.25, 0.3) is 11.8 Å². The molecule has 174 valence electrons. The summed E-state index contributed by atoms with van der Waals surface area (Å²) in [5.41, 5.74) is 1.10. The van der Waals surface area contributed by atoms with E-state index < -0.39 is 24.0 Å². The number of halogens is 3. The monoisotopic (exact) mass is 465 g/mol. The molecular formula is C20H18F3N5O5. The predicted molar refractivity (Wildman–Crippen MR) is 104 cm³/mol. The molecule has 3 heterocycles.